The van der Waals surface area contributed by atoms with Gasteiger partial charge in [-0.2, -0.15) is 0 Å². The van der Waals surface area contributed by atoms with Gasteiger partial charge in [0.25, 0.3) is 0 Å². The van der Waals surface area contributed by atoms with Crippen LogP contribution in [0.15, 0.2) is 11.6 Å². The third-order valence-electron chi connectivity index (χ3n) is 2.36. The predicted molar refractivity (Wildman–Crippen MR) is 47.0 cm³/mol. The second-order valence-corrected chi connectivity index (χ2v) is 3.35. The van der Waals surface area contributed by atoms with Crippen molar-refractivity contribution in [2.45, 2.75) is 25.8 Å². The van der Waals surface area contributed by atoms with Crippen LogP contribution in [-0.2, 0) is 4.79 Å². The van der Waals surface area contributed by atoms with Crippen LogP contribution in [0, 0.1) is 0 Å². The maximum absolute atomic E-state index is 10.5. The van der Waals surface area contributed by atoms with E-state index in [-0.39, 0.29) is 0 Å². The summed E-state index contributed by atoms with van der Waals surface area (Å²) in [6.07, 6.45) is 4.10. The number of carboxylic acids is 1. The van der Waals surface area contributed by atoms with E-state index in [1.54, 1.807) is 6.92 Å². The lowest BCUT2D eigenvalue weighted by Gasteiger charge is -2.15. The quantitative estimate of drug-likeness (QED) is 0.629. The van der Waals surface area contributed by atoms with Crippen molar-refractivity contribution in [3.63, 3.8) is 0 Å². The maximum atomic E-state index is 10.5. The van der Waals surface area contributed by atoms with Crippen LogP contribution < -0.4 is 0 Å². The molecule has 0 amide bonds. The molecule has 1 aliphatic heterocycles. The average molecular weight is 169 g/mol. The number of carbonyl (C=O) groups is 1. The van der Waals surface area contributed by atoms with Gasteiger partial charge in [-0.1, -0.05) is 6.08 Å². The van der Waals surface area contributed by atoms with Crippen molar-refractivity contribution in [3.05, 3.63) is 11.6 Å². The van der Waals surface area contributed by atoms with Crippen LogP contribution in [0.25, 0.3) is 0 Å². The Morgan fingerprint density at radius 1 is 1.67 bits per heavy atom. The van der Waals surface area contributed by atoms with Gasteiger partial charge in [0.05, 0.1) is 0 Å². The number of likely N-dealkylation sites (N-methyl/N-ethyl adjacent to an activating group) is 1. The molecule has 1 aliphatic rings. The Morgan fingerprint density at radius 2 is 2.33 bits per heavy atom. The number of hydrogen-bond donors (Lipinski definition) is 1. The Labute approximate surface area is 72.7 Å². The first kappa shape index (κ1) is 9.26. The van der Waals surface area contributed by atoms with E-state index < -0.39 is 5.97 Å². The van der Waals surface area contributed by atoms with Gasteiger partial charge in [-0.05, 0) is 33.4 Å². The standard InChI is InChI=1S/C9H15NO2/c1-7(9(11)12)6-8-4-3-5-10(8)2/h6,8H,3-5H2,1-2H3,(H,11,12)/b7-6+. The first-order chi connectivity index (χ1) is 5.61. The summed E-state index contributed by atoms with van der Waals surface area (Å²) in [5.74, 6) is -0.810. The van der Waals surface area contributed by atoms with Crippen LogP contribution in [0.1, 0.15) is 19.8 Å². The topological polar surface area (TPSA) is 40.5 Å². The van der Waals surface area contributed by atoms with E-state index in [1.807, 2.05) is 13.1 Å². The van der Waals surface area contributed by atoms with Gasteiger partial charge in [0.1, 0.15) is 0 Å². The van der Waals surface area contributed by atoms with Crippen molar-refractivity contribution in [1.29, 1.82) is 0 Å². The number of rotatable bonds is 2. The molecular formula is C9H15NO2. The zero-order chi connectivity index (χ0) is 9.14. The molecule has 0 aromatic rings. The lowest BCUT2D eigenvalue weighted by atomic mass is 10.1. The fraction of sp³-hybridized carbons (Fsp3) is 0.667. The first-order valence-electron chi connectivity index (χ1n) is 4.23. The largest absolute Gasteiger partial charge is 0.478 e. The molecule has 1 N–H and O–H groups in total. The van der Waals surface area contributed by atoms with E-state index in [0.29, 0.717) is 11.6 Å². The Hall–Kier alpha value is -0.830. The van der Waals surface area contributed by atoms with E-state index in [1.165, 1.54) is 6.42 Å². The highest BCUT2D eigenvalue weighted by molar-refractivity contribution is 5.85. The molecule has 1 fully saturated rings. The van der Waals surface area contributed by atoms with Gasteiger partial charge in [0, 0.05) is 11.6 Å². The van der Waals surface area contributed by atoms with Crippen LogP contribution in [0.4, 0.5) is 0 Å². The second kappa shape index (κ2) is 3.72. The average Bonchev–Trinajstić information content (AvgIpc) is 2.36. The zero-order valence-electron chi connectivity index (χ0n) is 7.58. The van der Waals surface area contributed by atoms with E-state index in [4.69, 9.17) is 5.11 Å². The van der Waals surface area contributed by atoms with Crippen molar-refractivity contribution >= 4 is 5.97 Å². The van der Waals surface area contributed by atoms with Crippen molar-refractivity contribution in [2.75, 3.05) is 13.6 Å². The molecule has 1 heterocycles. The molecule has 0 radical (unpaired) electrons. The lowest BCUT2D eigenvalue weighted by molar-refractivity contribution is -0.132. The lowest BCUT2D eigenvalue weighted by Crippen LogP contribution is -2.23. The van der Waals surface area contributed by atoms with Gasteiger partial charge in [-0.15, -0.1) is 0 Å². The maximum Gasteiger partial charge on any atom is 0.331 e. The van der Waals surface area contributed by atoms with Crippen molar-refractivity contribution in [1.82, 2.24) is 4.90 Å². The summed E-state index contributed by atoms with van der Waals surface area (Å²) >= 11 is 0. The summed E-state index contributed by atoms with van der Waals surface area (Å²) in [4.78, 5) is 12.7. The molecule has 12 heavy (non-hydrogen) atoms. The number of hydrogen-bond acceptors (Lipinski definition) is 2. The smallest absolute Gasteiger partial charge is 0.331 e. The summed E-state index contributed by atoms with van der Waals surface area (Å²) in [5.41, 5.74) is 0.453. The van der Waals surface area contributed by atoms with Crippen molar-refractivity contribution in [2.24, 2.45) is 0 Å². The summed E-state index contributed by atoms with van der Waals surface area (Å²) in [6.45, 7) is 2.72. The third-order valence-corrected chi connectivity index (χ3v) is 2.36. The minimum absolute atomic E-state index is 0.334. The number of aliphatic carboxylic acids is 1. The Balaban J connectivity index is 2.59. The van der Waals surface area contributed by atoms with Gasteiger partial charge in [0.15, 0.2) is 0 Å². The molecule has 0 spiro atoms. The molecule has 1 saturated heterocycles. The molecule has 0 aromatic heterocycles. The summed E-state index contributed by atoms with van der Waals surface area (Å²) in [6, 6.07) is 0.334. The first-order valence-corrected chi connectivity index (χ1v) is 4.23. The molecule has 1 unspecified atom stereocenters. The summed E-state index contributed by atoms with van der Waals surface area (Å²) in [7, 11) is 2.03. The SMILES string of the molecule is C/C(=C\C1CCCN1C)C(=O)O. The van der Waals surface area contributed by atoms with E-state index in [2.05, 4.69) is 4.90 Å². The van der Waals surface area contributed by atoms with Gasteiger partial charge in [0.2, 0.25) is 0 Å². The fourth-order valence-corrected chi connectivity index (χ4v) is 1.51. The molecule has 0 aromatic carbocycles. The van der Waals surface area contributed by atoms with Gasteiger partial charge < -0.3 is 5.11 Å². The summed E-state index contributed by atoms with van der Waals surface area (Å²) < 4.78 is 0. The monoisotopic (exact) mass is 169 g/mol. The molecule has 68 valence electrons. The van der Waals surface area contributed by atoms with Gasteiger partial charge >= 0.3 is 5.97 Å². The molecule has 0 saturated carbocycles. The molecule has 0 bridgehead atoms. The molecule has 0 aliphatic carbocycles. The third kappa shape index (κ3) is 2.08. The normalized spacial score (nSPS) is 26.2. The number of carboxylic acid groups (broad SMARTS) is 1. The van der Waals surface area contributed by atoms with Gasteiger partial charge in [-0.25, -0.2) is 4.79 Å². The summed E-state index contributed by atoms with van der Waals surface area (Å²) in [5, 5.41) is 8.64. The Morgan fingerprint density at radius 3 is 2.75 bits per heavy atom. The molecule has 3 heteroatoms. The van der Waals surface area contributed by atoms with Crippen LogP contribution in [0.2, 0.25) is 0 Å². The van der Waals surface area contributed by atoms with Crippen LogP contribution in [-0.4, -0.2) is 35.6 Å². The van der Waals surface area contributed by atoms with Crippen molar-refractivity contribution < 1.29 is 9.90 Å². The van der Waals surface area contributed by atoms with E-state index >= 15 is 0 Å². The van der Waals surface area contributed by atoms with Crippen LogP contribution in [0.5, 0.6) is 0 Å². The molecule has 3 nitrogen and oxygen atoms in total. The highest BCUT2D eigenvalue weighted by atomic mass is 16.4. The zero-order valence-corrected chi connectivity index (χ0v) is 7.58. The molecule has 1 atom stereocenters. The van der Waals surface area contributed by atoms with Crippen LogP contribution >= 0.6 is 0 Å². The molecule has 1 rings (SSSR count). The van der Waals surface area contributed by atoms with E-state index in [9.17, 15) is 4.79 Å². The van der Waals surface area contributed by atoms with E-state index in [0.717, 1.165) is 13.0 Å². The minimum atomic E-state index is -0.810. The number of nitrogens with zero attached hydrogens (tertiary/aromatic N) is 1. The highest BCUT2D eigenvalue weighted by Gasteiger charge is 2.19. The number of likely N-dealkylation sites (tertiary alicyclic amines) is 1. The van der Waals surface area contributed by atoms with Crippen molar-refractivity contribution in [3.8, 4) is 0 Å². The van der Waals surface area contributed by atoms with Gasteiger partial charge in [-0.3, -0.25) is 4.90 Å². The predicted octanol–water partition coefficient (Wildman–Crippen LogP) is 1.11. The van der Waals surface area contributed by atoms with Crippen LogP contribution in [0.3, 0.4) is 0 Å². The minimum Gasteiger partial charge on any atom is -0.478 e. The Bertz CT molecular complexity index is 211. The molecular weight excluding hydrogens is 154 g/mol. The second-order valence-electron chi connectivity index (χ2n) is 3.35. The Kier molecular flexibility index (Phi) is 2.87. The highest BCUT2D eigenvalue weighted by Crippen LogP contribution is 2.16. The fourth-order valence-electron chi connectivity index (χ4n) is 1.51.